The summed E-state index contributed by atoms with van der Waals surface area (Å²) in [5, 5.41) is 0. The molecule has 3 aliphatic rings. The van der Waals surface area contributed by atoms with Gasteiger partial charge in [-0.2, -0.15) is 0 Å². The largest absolute Gasteiger partial charge is 0.0625 e. The maximum atomic E-state index is 2.63. The molecule has 3 fully saturated rings. The van der Waals surface area contributed by atoms with E-state index in [-0.39, 0.29) is 0 Å². The molecule has 0 bridgehead atoms. The quantitative estimate of drug-likeness (QED) is 0.541. The van der Waals surface area contributed by atoms with Crippen LogP contribution >= 0.6 is 0 Å². The molecule has 3 aliphatic carbocycles. The Morgan fingerprint density at radius 3 is 2.05 bits per heavy atom. The number of hydrogen-bond donors (Lipinski definition) is 0. The summed E-state index contributed by atoms with van der Waals surface area (Å²) in [6.45, 7) is 17.9. The third-order valence-corrected chi connectivity index (χ3v) is 7.77. The van der Waals surface area contributed by atoms with E-state index in [1.54, 1.807) is 0 Å². The highest BCUT2D eigenvalue weighted by atomic mass is 14.7. The van der Waals surface area contributed by atoms with Crippen molar-refractivity contribution in [3.63, 3.8) is 0 Å². The molecule has 122 valence electrons. The van der Waals surface area contributed by atoms with E-state index < -0.39 is 0 Å². The Labute approximate surface area is 133 Å². The standard InChI is InChI=1S/C21H38/c1-14-8-16(12-19(3,4)10-14)20(5,6)17-9-15(2)11-21(7)13-18(17)21/h14-18H,8-13H2,1-7H3. The maximum Gasteiger partial charge on any atom is -0.0289 e. The highest BCUT2D eigenvalue weighted by molar-refractivity contribution is 5.10. The molecule has 0 nitrogen and oxygen atoms in total. The first kappa shape index (κ1) is 15.9. The topological polar surface area (TPSA) is 0 Å². The van der Waals surface area contributed by atoms with Crippen LogP contribution in [0, 0.1) is 45.8 Å². The van der Waals surface area contributed by atoms with Gasteiger partial charge in [-0.25, -0.2) is 0 Å². The van der Waals surface area contributed by atoms with Crippen molar-refractivity contribution in [2.75, 3.05) is 0 Å². The van der Waals surface area contributed by atoms with Crippen molar-refractivity contribution in [2.45, 2.75) is 87.0 Å². The van der Waals surface area contributed by atoms with E-state index in [0.717, 1.165) is 35.0 Å². The van der Waals surface area contributed by atoms with Crippen LogP contribution in [0.25, 0.3) is 0 Å². The second kappa shape index (κ2) is 4.75. The molecule has 0 saturated heterocycles. The van der Waals surface area contributed by atoms with Gasteiger partial charge in [0.05, 0.1) is 0 Å². The van der Waals surface area contributed by atoms with E-state index in [9.17, 15) is 0 Å². The molecule has 6 unspecified atom stereocenters. The van der Waals surface area contributed by atoms with Crippen molar-refractivity contribution < 1.29 is 0 Å². The summed E-state index contributed by atoms with van der Waals surface area (Å²) in [4.78, 5) is 0. The summed E-state index contributed by atoms with van der Waals surface area (Å²) in [6.07, 6.45) is 8.89. The summed E-state index contributed by atoms with van der Waals surface area (Å²) in [7, 11) is 0. The first-order valence-corrected chi connectivity index (χ1v) is 9.53. The highest BCUT2D eigenvalue weighted by Gasteiger charge is 2.61. The molecule has 3 rings (SSSR count). The lowest BCUT2D eigenvalue weighted by Crippen LogP contribution is -2.43. The van der Waals surface area contributed by atoms with E-state index in [0.29, 0.717) is 10.8 Å². The van der Waals surface area contributed by atoms with Crippen molar-refractivity contribution in [1.29, 1.82) is 0 Å². The number of fused-ring (bicyclic) bond motifs is 1. The van der Waals surface area contributed by atoms with Gasteiger partial charge in [0, 0.05) is 0 Å². The Kier molecular flexibility index (Phi) is 3.59. The third-order valence-electron chi connectivity index (χ3n) is 7.77. The highest BCUT2D eigenvalue weighted by Crippen LogP contribution is 2.69. The minimum atomic E-state index is 0.545. The Morgan fingerprint density at radius 1 is 0.810 bits per heavy atom. The number of hydrogen-bond acceptors (Lipinski definition) is 0. The van der Waals surface area contributed by atoms with Crippen molar-refractivity contribution in [3.8, 4) is 0 Å². The summed E-state index contributed by atoms with van der Waals surface area (Å²) >= 11 is 0. The zero-order chi connectivity index (χ0) is 15.6. The molecule has 0 heteroatoms. The van der Waals surface area contributed by atoms with Crippen LogP contribution in [0.3, 0.4) is 0 Å². The van der Waals surface area contributed by atoms with E-state index in [4.69, 9.17) is 0 Å². The second-order valence-corrected chi connectivity index (χ2v) is 11.0. The van der Waals surface area contributed by atoms with Gasteiger partial charge in [0.1, 0.15) is 0 Å². The number of rotatable bonds is 2. The van der Waals surface area contributed by atoms with E-state index in [1.165, 1.54) is 38.5 Å². The van der Waals surface area contributed by atoms with Crippen molar-refractivity contribution in [2.24, 2.45) is 45.8 Å². The Hall–Kier alpha value is 0. The van der Waals surface area contributed by atoms with Gasteiger partial charge in [-0.05, 0) is 84.4 Å². The van der Waals surface area contributed by atoms with Crippen LogP contribution in [0.5, 0.6) is 0 Å². The lowest BCUT2D eigenvalue weighted by Gasteiger charge is -2.51. The molecule has 0 spiro atoms. The van der Waals surface area contributed by atoms with Gasteiger partial charge in [-0.1, -0.05) is 48.5 Å². The van der Waals surface area contributed by atoms with Crippen LogP contribution in [-0.2, 0) is 0 Å². The van der Waals surface area contributed by atoms with Gasteiger partial charge in [0.2, 0.25) is 0 Å². The van der Waals surface area contributed by atoms with Crippen LogP contribution < -0.4 is 0 Å². The molecule has 0 aromatic rings. The SMILES string of the molecule is CC1CC(C(C)(C)C2CC(C)CC3(C)CC23)CC(C)(C)C1. The summed E-state index contributed by atoms with van der Waals surface area (Å²) in [5.41, 5.74) is 1.82. The average Bonchev–Trinajstić information content (AvgIpc) is 2.96. The molecule has 0 heterocycles. The monoisotopic (exact) mass is 290 g/mol. The van der Waals surface area contributed by atoms with Gasteiger partial charge >= 0.3 is 0 Å². The van der Waals surface area contributed by atoms with Gasteiger partial charge in [0.15, 0.2) is 0 Å². The predicted octanol–water partition coefficient (Wildman–Crippen LogP) is 6.55. The van der Waals surface area contributed by atoms with Gasteiger partial charge in [-0.15, -0.1) is 0 Å². The van der Waals surface area contributed by atoms with Crippen molar-refractivity contribution in [3.05, 3.63) is 0 Å². The zero-order valence-corrected chi connectivity index (χ0v) is 15.6. The van der Waals surface area contributed by atoms with E-state index in [1.807, 2.05) is 0 Å². The average molecular weight is 291 g/mol. The molecule has 0 aliphatic heterocycles. The van der Waals surface area contributed by atoms with Crippen LogP contribution in [0.4, 0.5) is 0 Å². The molecule has 3 saturated carbocycles. The molecular weight excluding hydrogens is 252 g/mol. The normalized spacial score (nSPS) is 49.6. The van der Waals surface area contributed by atoms with Gasteiger partial charge < -0.3 is 0 Å². The first-order chi connectivity index (χ1) is 9.53. The van der Waals surface area contributed by atoms with E-state index in [2.05, 4.69) is 48.5 Å². The smallest absolute Gasteiger partial charge is 0.0289 e. The molecule has 21 heavy (non-hydrogen) atoms. The molecule has 0 N–H and O–H groups in total. The first-order valence-electron chi connectivity index (χ1n) is 9.53. The van der Waals surface area contributed by atoms with Crippen molar-refractivity contribution in [1.82, 2.24) is 0 Å². The fourth-order valence-corrected chi connectivity index (χ4v) is 6.82. The third kappa shape index (κ3) is 2.81. The van der Waals surface area contributed by atoms with Crippen LogP contribution in [0.2, 0.25) is 0 Å². The summed E-state index contributed by atoms with van der Waals surface area (Å²) in [6, 6.07) is 0. The van der Waals surface area contributed by atoms with E-state index >= 15 is 0 Å². The zero-order valence-electron chi connectivity index (χ0n) is 15.6. The van der Waals surface area contributed by atoms with Gasteiger partial charge in [-0.3, -0.25) is 0 Å². The molecule has 0 amide bonds. The Bertz CT molecular complexity index is 404. The second-order valence-electron chi connectivity index (χ2n) is 11.0. The Morgan fingerprint density at radius 2 is 1.43 bits per heavy atom. The summed E-state index contributed by atoms with van der Waals surface area (Å²) < 4.78 is 0. The maximum absolute atomic E-state index is 2.63. The van der Waals surface area contributed by atoms with Crippen molar-refractivity contribution >= 4 is 0 Å². The predicted molar refractivity (Wildman–Crippen MR) is 92.2 cm³/mol. The fourth-order valence-electron chi connectivity index (χ4n) is 6.82. The summed E-state index contributed by atoms with van der Waals surface area (Å²) in [5.74, 6) is 4.84. The molecule has 0 aromatic carbocycles. The molecule has 6 atom stereocenters. The lowest BCUT2D eigenvalue weighted by atomic mass is 9.54. The van der Waals surface area contributed by atoms with Crippen LogP contribution in [0.15, 0.2) is 0 Å². The minimum Gasteiger partial charge on any atom is -0.0625 e. The van der Waals surface area contributed by atoms with Gasteiger partial charge in [0.25, 0.3) is 0 Å². The lowest BCUT2D eigenvalue weighted by molar-refractivity contribution is -0.0153. The molecular formula is C21H38. The van der Waals surface area contributed by atoms with Crippen LogP contribution in [0.1, 0.15) is 87.0 Å². The molecule has 0 aromatic heterocycles. The van der Waals surface area contributed by atoms with Crippen LogP contribution in [-0.4, -0.2) is 0 Å². The Balaban J connectivity index is 1.80. The molecule has 0 radical (unpaired) electrons. The minimum absolute atomic E-state index is 0.545. The fraction of sp³-hybridized carbons (Fsp3) is 1.00.